The SMILES string of the molecule is Cc1cc(C)c(CCNC(=O)Cc2nn(C)c(=O)c3ccccc23)c(C)c1. The lowest BCUT2D eigenvalue weighted by molar-refractivity contribution is -0.120. The fourth-order valence-corrected chi connectivity index (χ4v) is 3.65. The maximum absolute atomic E-state index is 12.4. The normalized spacial score (nSPS) is 11.0. The van der Waals surface area contributed by atoms with E-state index in [4.69, 9.17) is 0 Å². The lowest BCUT2D eigenvalue weighted by Gasteiger charge is -2.12. The van der Waals surface area contributed by atoms with Crippen LogP contribution >= 0.6 is 0 Å². The van der Waals surface area contributed by atoms with Gasteiger partial charge < -0.3 is 5.32 Å². The molecule has 3 rings (SSSR count). The van der Waals surface area contributed by atoms with Gasteiger partial charge in [-0.3, -0.25) is 9.59 Å². The second-order valence-corrected chi connectivity index (χ2v) is 7.08. The van der Waals surface area contributed by atoms with Crippen molar-refractivity contribution >= 4 is 16.7 Å². The van der Waals surface area contributed by atoms with Gasteiger partial charge in [-0.05, 0) is 49.9 Å². The second kappa shape index (κ2) is 7.74. The molecule has 0 saturated carbocycles. The topological polar surface area (TPSA) is 64.0 Å². The van der Waals surface area contributed by atoms with E-state index in [1.165, 1.54) is 26.9 Å². The Kier molecular flexibility index (Phi) is 5.40. The number of aryl methyl sites for hydroxylation is 4. The van der Waals surface area contributed by atoms with Crippen molar-refractivity contribution in [2.45, 2.75) is 33.6 Å². The first kappa shape index (κ1) is 18.8. The average molecular weight is 363 g/mol. The number of rotatable bonds is 5. The Morgan fingerprint density at radius 2 is 1.70 bits per heavy atom. The van der Waals surface area contributed by atoms with Gasteiger partial charge in [-0.15, -0.1) is 0 Å². The maximum Gasteiger partial charge on any atom is 0.274 e. The molecule has 27 heavy (non-hydrogen) atoms. The van der Waals surface area contributed by atoms with Crippen molar-refractivity contribution in [1.82, 2.24) is 15.1 Å². The van der Waals surface area contributed by atoms with Gasteiger partial charge in [0.25, 0.3) is 5.56 Å². The predicted octanol–water partition coefficient (Wildman–Crippen LogP) is 2.76. The monoisotopic (exact) mass is 363 g/mol. The molecule has 2 aromatic carbocycles. The Balaban J connectivity index is 1.70. The molecule has 0 fully saturated rings. The van der Waals surface area contributed by atoms with Crippen molar-refractivity contribution in [1.29, 1.82) is 0 Å². The summed E-state index contributed by atoms with van der Waals surface area (Å²) in [6.07, 6.45) is 0.950. The number of carbonyl (C=O) groups excluding carboxylic acids is 1. The van der Waals surface area contributed by atoms with Gasteiger partial charge in [0.2, 0.25) is 5.91 Å². The molecule has 0 aliphatic carbocycles. The summed E-state index contributed by atoms with van der Waals surface area (Å²) in [6.45, 7) is 6.89. The third kappa shape index (κ3) is 4.08. The fourth-order valence-electron chi connectivity index (χ4n) is 3.65. The molecule has 0 saturated heterocycles. The van der Waals surface area contributed by atoms with Crippen molar-refractivity contribution in [3.63, 3.8) is 0 Å². The van der Waals surface area contributed by atoms with E-state index in [1.54, 1.807) is 13.1 Å². The molecule has 5 nitrogen and oxygen atoms in total. The molecule has 0 atom stereocenters. The number of benzene rings is 2. The van der Waals surface area contributed by atoms with Crippen molar-refractivity contribution < 1.29 is 4.79 Å². The van der Waals surface area contributed by atoms with Gasteiger partial charge in [0, 0.05) is 19.0 Å². The van der Waals surface area contributed by atoms with Gasteiger partial charge in [-0.25, -0.2) is 4.68 Å². The van der Waals surface area contributed by atoms with Crippen LogP contribution in [0.5, 0.6) is 0 Å². The van der Waals surface area contributed by atoms with Crippen LogP contribution in [0.4, 0.5) is 0 Å². The summed E-state index contributed by atoms with van der Waals surface area (Å²) >= 11 is 0. The number of nitrogens with one attached hydrogen (secondary N) is 1. The van der Waals surface area contributed by atoms with Crippen LogP contribution in [0.15, 0.2) is 41.2 Å². The highest BCUT2D eigenvalue weighted by molar-refractivity contribution is 5.88. The molecule has 1 N–H and O–H groups in total. The van der Waals surface area contributed by atoms with E-state index in [2.05, 4.69) is 43.3 Å². The van der Waals surface area contributed by atoms with E-state index in [1.807, 2.05) is 18.2 Å². The molecular formula is C22H25N3O2. The zero-order chi connectivity index (χ0) is 19.6. The van der Waals surface area contributed by atoms with E-state index in [9.17, 15) is 9.59 Å². The van der Waals surface area contributed by atoms with Crippen molar-refractivity contribution in [2.75, 3.05) is 6.54 Å². The summed E-state index contributed by atoms with van der Waals surface area (Å²) in [6, 6.07) is 11.6. The number of carbonyl (C=O) groups is 1. The molecule has 3 aromatic rings. The quantitative estimate of drug-likeness (QED) is 0.758. The molecule has 5 heteroatoms. The molecule has 1 heterocycles. The van der Waals surface area contributed by atoms with Gasteiger partial charge in [0.1, 0.15) is 0 Å². The Morgan fingerprint density at radius 3 is 2.37 bits per heavy atom. The molecule has 0 unspecified atom stereocenters. The van der Waals surface area contributed by atoms with Crippen LogP contribution in [-0.2, 0) is 24.7 Å². The van der Waals surface area contributed by atoms with Gasteiger partial charge >= 0.3 is 0 Å². The van der Waals surface area contributed by atoms with Crippen molar-refractivity contribution in [3.05, 3.63) is 74.7 Å². The van der Waals surface area contributed by atoms with Crippen LogP contribution < -0.4 is 10.9 Å². The number of hydrogen-bond donors (Lipinski definition) is 1. The molecule has 1 amide bonds. The Morgan fingerprint density at radius 1 is 1.07 bits per heavy atom. The summed E-state index contributed by atoms with van der Waals surface area (Å²) in [5, 5.41) is 8.59. The number of amides is 1. The number of fused-ring (bicyclic) bond motifs is 1. The van der Waals surface area contributed by atoms with Gasteiger partial charge in [0.05, 0.1) is 17.5 Å². The number of aromatic nitrogens is 2. The fraction of sp³-hybridized carbons (Fsp3) is 0.318. The Hall–Kier alpha value is -2.95. The number of nitrogens with zero attached hydrogens (tertiary/aromatic N) is 2. The van der Waals surface area contributed by atoms with Crippen LogP contribution in [0.2, 0.25) is 0 Å². The van der Waals surface area contributed by atoms with Gasteiger partial charge in [-0.2, -0.15) is 5.10 Å². The summed E-state index contributed by atoms with van der Waals surface area (Å²) < 4.78 is 1.30. The van der Waals surface area contributed by atoms with E-state index >= 15 is 0 Å². The summed E-state index contributed by atoms with van der Waals surface area (Å²) in [5.74, 6) is -0.0891. The van der Waals surface area contributed by atoms with Crippen molar-refractivity contribution in [3.8, 4) is 0 Å². The van der Waals surface area contributed by atoms with Crippen LogP contribution in [0.1, 0.15) is 27.9 Å². The van der Waals surface area contributed by atoms with Crippen LogP contribution in [0.3, 0.4) is 0 Å². The Bertz CT molecular complexity index is 1040. The molecule has 0 aliphatic rings. The van der Waals surface area contributed by atoms with E-state index < -0.39 is 0 Å². The lowest BCUT2D eigenvalue weighted by Crippen LogP contribution is -2.29. The first-order chi connectivity index (χ1) is 12.9. The molecule has 0 aliphatic heterocycles. The molecule has 0 bridgehead atoms. The molecule has 0 spiro atoms. The maximum atomic E-state index is 12.4. The smallest absolute Gasteiger partial charge is 0.274 e. The number of hydrogen-bond acceptors (Lipinski definition) is 3. The first-order valence-electron chi connectivity index (χ1n) is 9.15. The molecule has 0 radical (unpaired) electrons. The van der Waals surface area contributed by atoms with E-state index in [0.717, 1.165) is 11.8 Å². The zero-order valence-corrected chi connectivity index (χ0v) is 16.3. The van der Waals surface area contributed by atoms with Crippen LogP contribution in [0, 0.1) is 20.8 Å². The van der Waals surface area contributed by atoms with Crippen LogP contribution in [0.25, 0.3) is 10.8 Å². The van der Waals surface area contributed by atoms with Gasteiger partial charge in [0.15, 0.2) is 0 Å². The van der Waals surface area contributed by atoms with E-state index in [0.29, 0.717) is 17.6 Å². The standard InChI is InChI=1S/C22H25N3O2/c1-14-11-15(2)17(16(3)12-14)9-10-23-21(26)13-20-18-7-5-6-8-19(18)22(27)25(4)24-20/h5-8,11-12H,9-10,13H2,1-4H3,(H,23,26). The average Bonchev–Trinajstić information content (AvgIpc) is 2.61. The zero-order valence-electron chi connectivity index (χ0n) is 16.3. The highest BCUT2D eigenvalue weighted by Gasteiger charge is 2.12. The predicted molar refractivity (Wildman–Crippen MR) is 108 cm³/mol. The van der Waals surface area contributed by atoms with E-state index in [-0.39, 0.29) is 17.9 Å². The first-order valence-corrected chi connectivity index (χ1v) is 9.15. The largest absolute Gasteiger partial charge is 0.355 e. The summed E-state index contributed by atoms with van der Waals surface area (Å²) in [7, 11) is 1.61. The van der Waals surface area contributed by atoms with Gasteiger partial charge in [-0.1, -0.05) is 35.9 Å². The molecule has 140 valence electrons. The Labute approximate surface area is 159 Å². The van der Waals surface area contributed by atoms with Crippen LogP contribution in [-0.4, -0.2) is 22.2 Å². The molecular weight excluding hydrogens is 338 g/mol. The summed E-state index contributed by atoms with van der Waals surface area (Å²) in [4.78, 5) is 24.6. The minimum Gasteiger partial charge on any atom is -0.355 e. The molecule has 1 aromatic heterocycles. The minimum absolute atomic E-state index is 0.0891. The highest BCUT2D eigenvalue weighted by Crippen LogP contribution is 2.17. The lowest BCUT2D eigenvalue weighted by atomic mass is 9.97. The third-order valence-corrected chi connectivity index (χ3v) is 4.90. The van der Waals surface area contributed by atoms with Crippen molar-refractivity contribution in [2.24, 2.45) is 7.05 Å². The minimum atomic E-state index is -0.153. The summed E-state index contributed by atoms with van der Waals surface area (Å²) in [5.41, 5.74) is 5.52. The highest BCUT2D eigenvalue weighted by atomic mass is 16.1. The second-order valence-electron chi connectivity index (χ2n) is 7.08. The third-order valence-electron chi connectivity index (χ3n) is 4.90.